The lowest BCUT2D eigenvalue weighted by molar-refractivity contribution is -0.905. The van der Waals surface area contributed by atoms with Crippen molar-refractivity contribution in [1.29, 1.82) is 0 Å². The quantitative estimate of drug-likeness (QED) is 0.799. The summed E-state index contributed by atoms with van der Waals surface area (Å²) in [6.45, 7) is 1.14. The third kappa shape index (κ3) is 4.44. The van der Waals surface area contributed by atoms with Gasteiger partial charge in [-0.2, -0.15) is 0 Å². The summed E-state index contributed by atoms with van der Waals surface area (Å²) in [4.78, 5) is 13.7. The lowest BCUT2D eigenvalue weighted by atomic mass is 9.87. The summed E-state index contributed by atoms with van der Waals surface area (Å²) in [5.41, 5.74) is 3.98. The number of fused-ring (bicyclic) bond motifs is 1. The largest absolute Gasteiger partial charge is 0.496 e. The highest BCUT2D eigenvalue weighted by Crippen LogP contribution is 2.27. The number of para-hydroxylation sites is 1. The highest BCUT2D eigenvalue weighted by Gasteiger charge is 2.27. The molecule has 4 heteroatoms. The summed E-state index contributed by atoms with van der Waals surface area (Å²) in [7, 11) is 3.81. The molecule has 0 aromatic heterocycles. The van der Waals surface area contributed by atoms with Crippen molar-refractivity contribution in [2.24, 2.45) is 0 Å². The van der Waals surface area contributed by atoms with E-state index in [1.807, 2.05) is 24.3 Å². The van der Waals surface area contributed by atoms with E-state index in [-0.39, 0.29) is 5.91 Å². The van der Waals surface area contributed by atoms with Gasteiger partial charge in [-0.1, -0.05) is 42.5 Å². The molecule has 26 heavy (non-hydrogen) atoms. The third-order valence-electron chi connectivity index (χ3n) is 5.31. The molecule has 0 saturated heterocycles. The van der Waals surface area contributed by atoms with Crippen LogP contribution in [0.1, 0.15) is 35.6 Å². The monoisotopic (exact) mass is 353 g/mol. The molecule has 2 aromatic carbocycles. The maximum Gasteiger partial charge on any atom is 0.275 e. The number of methoxy groups -OCH3 is 1. The summed E-state index contributed by atoms with van der Waals surface area (Å²) in [6.07, 6.45) is 4.29. The molecule has 0 saturated carbocycles. The van der Waals surface area contributed by atoms with Gasteiger partial charge in [0, 0.05) is 18.5 Å². The van der Waals surface area contributed by atoms with Crippen LogP contribution in [-0.2, 0) is 17.6 Å². The minimum Gasteiger partial charge on any atom is -0.496 e. The first-order valence-corrected chi connectivity index (χ1v) is 9.47. The first-order valence-electron chi connectivity index (χ1n) is 9.47. The van der Waals surface area contributed by atoms with Gasteiger partial charge < -0.3 is 15.0 Å². The number of quaternary nitrogens is 1. The summed E-state index contributed by atoms with van der Waals surface area (Å²) in [5.74, 6) is 0.990. The number of nitrogens with one attached hydrogen (secondary N) is 2. The molecule has 1 aliphatic carbocycles. The van der Waals surface area contributed by atoms with Crippen LogP contribution >= 0.6 is 0 Å². The summed E-state index contributed by atoms with van der Waals surface area (Å²) in [6, 6.07) is 17.0. The number of rotatable bonds is 7. The molecule has 1 amide bonds. The molecule has 138 valence electrons. The van der Waals surface area contributed by atoms with Crippen molar-refractivity contribution in [1.82, 2.24) is 5.32 Å². The van der Waals surface area contributed by atoms with Crippen molar-refractivity contribution in [2.45, 2.75) is 31.7 Å². The Kier molecular flexibility index (Phi) is 6.29. The van der Waals surface area contributed by atoms with E-state index in [9.17, 15) is 4.79 Å². The van der Waals surface area contributed by atoms with Gasteiger partial charge in [0.1, 0.15) is 11.8 Å². The number of hydrogen-bond donors (Lipinski definition) is 2. The molecule has 0 bridgehead atoms. The second kappa shape index (κ2) is 8.86. The molecule has 4 nitrogen and oxygen atoms in total. The van der Waals surface area contributed by atoms with Crippen molar-refractivity contribution in [3.05, 3.63) is 65.2 Å². The molecule has 0 spiro atoms. The van der Waals surface area contributed by atoms with Gasteiger partial charge >= 0.3 is 0 Å². The molecule has 2 N–H and O–H groups in total. The fraction of sp³-hybridized carbons (Fsp3) is 0.409. The van der Waals surface area contributed by atoms with E-state index >= 15 is 0 Å². The number of ether oxygens (including phenoxy) is 1. The maximum absolute atomic E-state index is 12.4. The Labute approximate surface area is 156 Å². The fourth-order valence-corrected chi connectivity index (χ4v) is 3.95. The molecule has 0 aliphatic heterocycles. The van der Waals surface area contributed by atoms with E-state index in [1.165, 1.54) is 22.4 Å². The molecule has 1 aliphatic rings. The zero-order valence-corrected chi connectivity index (χ0v) is 15.8. The van der Waals surface area contributed by atoms with E-state index in [0.29, 0.717) is 19.1 Å². The standard InChI is InChI=1S/C22H28N2O2/c1-24(20-12-7-10-17-8-3-5-11-19(17)20)16-22(25)23-15-14-18-9-4-6-13-21(18)26-2/h3-6,8-9,11,13,20H,7,10,12,14-16H2,1-2H3,(H,23,25)/p+1/t20-/m1/s1. The predicted octanol–water partition coefficient (Wildman–Crippen LogP) is 1.95. The number of amides is 1. The minimum atomic E-state index is 0.112. The average Bonchev–Trinajstić information content (AvgIpc) is 2.67. The second-order valence-corrected chi connectivity index (χ2v) is 7.08. The molecule has 2 atom stereocenters. The van der Waals surface area contributed by atoms with Crippen molar-refractivity contribution in [3.63, 3.8) is 0 Å². The minimum absolute atomic E-state index is 0.112. The van der Waals surface area contributed by atoms with E-state index in [2.05, 4.69) is 36.6 Å². The van der Waals surface area contributed by atoms with Crippen LogP contribution in [0.15, 0.2) is 48.5 Å². The molecule has 2 aromatic rings. The molecule has 3 rings (SSSR count). The van der Waals surface area contributed by atoms with Crippen LogP contribution in [0.3, 0.4) is 0 Å². The van der Waals surface area contributed by atoms with E-state index in [1.54, 1.807) is 7.11 Å². The number of hydrogen-bond acceptors (Lipinski definition) is 2. The lowest BCUT2D eigenvalue weighted by Gasteiger charge is -2.30. The lowest BCUT2D eigenvalue weighted by Crippen LogP contribution is -3.10. The van der Waals surface area contributed by atoms with Crippen LogP contribution in [0.2, 0.25) is 0 Å². The highest BCUT2D eigenvalue weighted by molar-refractivity contribution is 5.76. The Balaban J connectivity index is 1.51. The van der Waals surface area contributed by atoms with Gasteiger partial charge in [-0.15, -0.1) is 0 Å². The predicted molar refractivity (Wildman–Crippen MR) is 104 cm³/mol. The zero-order chi connectivity index (χ0) is 18.4. The number of aryl methyl sites for hydroxylation is 1. The van der Waals surface area contributed by atoms with Gasteiger partial charge in [-0.25, -0.2) is 0 Å². The molecule has 0 fully saturated rings. The first-order chi connectivity index (χ1) is 12.7. The van der Waals surface area contributed by atoms with Crippen molar-refractivity contribution in [2.75, 3.05) is 27.2 Å². The Morgan fingerprint density at radius 3 is 2.81 bits per heavy atom. The van der Waals surface area contributed by atoms with Gasteiger partial charge in [-0.05, 0) is 36.5 Å². The normalized spacial score (nSPS) is 17.2. The second-order valence-electron chi connectivity index (χ2n) is 7.08. The van der Waals surface area contributed by atoms with Crippen molar-refractivity contribution in [3.8, 4) is 5.75 Å². The number of benzene rings is 2. The number of likely N-dealkylation sites (N-methyl/N-ethyl adjacent to an activating group) is 1. The van der Waals surface area contributed by atoms with Crippen molar-refractivity contribution < 1.29 is 14.4 Å². The van der Waals surface area contributed by atoms with Gasteiger partial charge in [0.15, 0.2) is 6.54 Å². The van der Waals surface area contributed by atoms with Gasteiger partial charge in [-0.3, -0.25) is 4.79 Å². The summed E-state index contributed by atoms with van der Waals surface area (Å²) in [5, 5.41) is 3.06. The Morgan fingerprint density at radius 2 is 1.96 bits per heavy atom. The Bertz CT molecular complexity index is 744. The molecular formula is C22H29N2O2+. The average molecular weight is 353 g/mol. The third-order valence-corrected chi connectivity index (χ3v) is 5.31. The first kappa shape index (κ1) is 18.5. The van der Waals surface area contributed by atoms with Crippen LogP contribution in [-0.4, -0.2) is 33.2 Å². The smallest absolute Gasteiger partial charge is 0.275 e. The van der Waals surface area contributed by atoms with E-state index in [0.717, 1.165) is 30.6 Å². The molecule has 0 radical (unpaired) electrons. The van der Waals surface area contributed by atoms with Gasteiger partial charge in [0.05, 0.1) is 14.2 Å². The molecular weight excluding hydrogens is 324 g/mol. The van der Waals surface area contributed by atoms with E-state index in [4.69, 9.17) is 4.74 Å². The Morgan fingerprint density at radius 1 is 1.19 bits per heavy atom. The highest BCUT2D eigenvalue weighted by atomic mass is 16.5. The molecule has 1 unspecified atom stereocenters. The fourth-order valence-electron chi connectivity index (χ4n) is 3.95. The van der Waals surface area contributed by atoms with Crippen LogP contribution in [0.4, 0.5) is 0 Å². The van der Waals surface area contributed by atoms with Crippen LogP contribution < -0.4 is 15.0 Å². The van der Waals surface area contributed by atoms with Gasteiger partial charge in [0.25, 0.3) is 5.91 Å². The zero-order valence-electron chi connectivity index (χ0n) is 15.8. The SMILES string of the molecule is COc1ccccc1CCNC(=O)C[NH+](C)[C@@H]1CCCc2ccccc21. The van der Waals surface area contributed by atoms with Gasteiger partial charge in [0.2, 0.25) is 0 Å². The van der Waals surface area contributed by atoms with Crippen LogP contribution in [0, 0.1) is 0 Å². The summed E-state index contributed by atoms with van der Waals surface area (Å²) >= 11 is 0. The molecule has 0 heterocycles. The number of carbonyl (C=O) groups is 1. The maximum atomic E-state index is 12.4. The summed E-state index contributed by atoms with van der Waals surface area (Å²) < 4.78 is 5.36. The Hall–Kier alpha value is -2.33. The topological polar surface area (TPSA) is 42.8 Å². The van der Waals surface area contributed by atoms with Crippen molar-refractivity contribution >= 4 is 5.91 Å². The number of carbonyl (C=O) groups excluding carboxylic acids is 1. The van der Waals surface area contributed by atoms with E-state index < -0.39 is 0 Å². The van der Waals surface area contributed by atoms with Crippen LogP contribution in [0.5, 0.6) is 5.75 Å². The van der Waals surface area contributed by atoms with Crippen LogP contribution in [0.25, 0.3) is 0 Å².